The quantitative estimate of drug-likeness (QED) is 0.706. The summed E-state index contributed by atoms with van der Waals surface area (Å²) in [5.41, 5.74) is 0.765. The van der Waals surface area contributed by atoms with E-state index in [1.54, 1.807) is 24.3 Å². The number of aromatic nitrogens is 1. The second kappa shape index (κ2) is 4.86. The molecule has 0 aromatic carbocycles. The van der Waals surface area contributed by atoms with Gasteiger partial charge in [0.25, 0.3) is 0 Å². The average Bonchev–Trinajstić information content (AvgIpc) is 2.09. The molecule has 0 saturated carbocycles. The maximum Gasteiger partial charge on any atom is 0.138 e. The summed E-state index contributed by atoms with van der Waals surface area (Å²) >= 11 is 11.4. The molecule has 66 valence electrons. The maximum absolute atomic E-state index is 8.29. The number of hydrogen-bond donors (Lipinski definition) is 0. The van der Waals surface area contributed by atoms with Gasteiger partial charge < -0.3 is 0 Å². The van der Waals surface area contributed by atoms with Crippen molar-refractivity contribution in [3.05, 3.63) is 34.1 Å². The highest BCUT2D eigenvalue weighted by molar-refractivity contribution is 6.33. The third-order valence-electron chi connectivity index (χ3n) is 1.35. The van der Waals surface area contributed by atoms with Gasteiger partial charge in [0.05, 0.1) is 12.5 Å². The van der Waals surface area contributed by atoms with E-state index in [0.717, 1.165) is 5.56 Å². The lowest BCUT2D eigenvalue weighted by atomic mass is 10.2. The van der Waals surface area contributed by atoms with Crippen molar-refractivity contribution >= 4 is 29.3 Å². The van der Waals surface area contributed by atoms with E-state index in [1.807, 2.05) is 6.07 Å². The Kier molecular flexibility index (Phi) is 3.75. The van der Waals surface area contributed by atoms with Crippen molar-refractivity contribution in [3.63, 3.8) is 0 Å². The van der Waals surface area contributed by atoms with E-state index in [0.29, 0.717) is 16.7 Å². The van der Waals surface area contributed by atoms with Crippen LogP contribution < -0.4 is 0 Å². The van der Waals surface area contributed by atoms with Crippen LogP contribution in [0, 0.1) is 11.3 Å². The SMILES string of the molecule is N#CCC=Cc1ccc(Cl)nc1Cl. The first-order valence-electron chi connectivity index (χ1n) is 3.59. The summed E-state index contributed by atoms with van der Waals surface area (Å²) in [6.07, 6.45) is 3.82. The van der Waals surface area contributed by atoms with Gasteiger partial charge in [0.2, 0.25) is 0 Å². The highest BCUT2D eigenvalue weighted by Gasteiger charge is 1.97. The Morgan fingerprint density at radius 1 is 1.46 bits per heavy atom. The number of allylic oxidation sites excluding steroid dienone is 1. The van der Waals surface area contributed by atoms with Crippen LogP contribution >= 0.6 is 23.2 Å². The van der Waals surface area contributed by atoms with Crippen LogP contribution in [0.5, 0.6) is 0 Å². The minimum atomic E-state index is 0.349. The van der Waals surface area contributed by atoms with Crippen LogP contribution in [0.3, 0.4) is 0 Å². The molecule has 0 amide bonds. The summed E-state index contributed by atoms with van der Waals surface area (Å²) in [6, 6.07) is 5.40. The van der Waals surface area contributed by atoms with Gasteiger partial charge in [-0.25, -0.2) is 4.98 Å². The normalized spacial score (nSPS) is 10.2. The van der Waals surface area contributed by atoms with Crippen molar-refractivity contribution in [3.8, 4) is 6.07 Å². The van der Waals surface area contributed by atoms with Gasteiger partial charge in [-0.05, 0) is 12.1 Å². The molecule has 4 heteroatoms. The molecular weight excluding hydrogens is 207 g/mol. The minimum Gasteiger partial charge on any atom is -0.224 e. The molecule has 1 rings (SSSR count). The summed E-state index contributed by atoms with van der Waals surface area (Å²) < 4.78 is 0. The topological polar surface area (TPSA) is 36.7 Å². The second-order valence-electron chi connectivity index (χ2n) is 2.28. The number of nitrogens with zero attached hydrogens (tertiary/aromatic N) is 2. The average molecular weight is 213 g/mol. The number of pyridine rings is 1. The van der Waals surface area contributed by atoms with Crippen molar-refractivity contribution < 1.29 is 0 Å². The summed E-state index contributed by atoms with van der Waals surface area (Å²) in [5.74, 6) is 0. The fourth-order valence-electron chi connectivity index (χ4n) is 0.786. The molecule has 1 aromatic heterocycles. The Hall–Kier alpha value is -1.04. The molecule has 1 aromatic rings. The Morgan fingerprint density at radius 2 is 2.23 bits per heavy atom. The fraction of sp³-hybridized carbons (Fsp3) is 0.111. The Balaban J connectivity index is 2.85. The van der Waals surface area contributed by atoms with Gasteiger partial charge in [-0.2, -0.15) is 5.26 Å². The number of nitriles is 1. The zero-order valence-corrected chi connectivity index (χ0v) is 8.18. The molecule has 0 aliphatic carbocycles. The van der Waals surface area contributed by atoms with E-state index in [-0.39, 0.29) is 0 Å². The van der Waals surface area contributed by atoms with Crippen LogP contribution in [-0.4, -0.2) is 4.98 Å². The monoisotopic (exact) mass is 212 g/mol. The summed E-state index contributed by atoms with van der Waals surface area (Å²) in [5, 5.41) is 9.00. The van der Waals surface area contributed by atoms with Crippen molar-refractivity contribution in [2.75, 3.05) is 0 Å². The first-order chi connectivity index (χ1) is 6.24. The van der Waals surface area contributed by atoms with Gasteiger partial charge in [0.15, 0.2) is 0 Å². The Labute approximate surface area is 86.4 Å². The largest absolute Gasteiger partial charge is 0.224 e. The molecule has 0 fully saturated rings. The van der Waals surface area contributed by atoms with E-state index < -0.39 is 0 Å². The molecule has 13 heavy (non-hydrogen) atoms. The van der Waals surface area contributed by atoms with E-state index in [2.05, 4.69) is 4.98 Å². The lowest BCUT2D eigenvalue weighted by Crippen LogP contribution is -1.80. The molecule has 0 aliphatic rings. The zero-order valence-electron chi connectivity index (χ0n) is 6.67. The lowest BCUT2D eigenvalue weighted by Gasteiger charge is -1.96. The minimum absolute atomic E-state index is 0.349. The van der Waals surface area contributed by atoms with Gasteiger partial charge in [-0.3, -0.25) is 0 Å². The molecule has 0 aliphatic heterocycles. The standard InChI is InChI=1S/C9H6Cl2N2/c10-8-5-4-7(9(11)13-8)3-1-2-6-12/h1,3-5H,2H2. The molecule has 0 spiro atoms. The third kappa shape index (κ3) is 3.06. The molecule has 0 saturated heterocycles. The van der Waals surface area contributed by atoms with Crippen LogP contribution in [-0.2, 0) is 0 Å². The zero-order chi connectivity index (χ0) is 9.68. The van der Waals surface area contributed by atoms with Gasteiger partial charge in [-0.1, -0.05) is 35.4 Å². The Bertz CT molecular complexity index is 366. The van der Waals surface area contributed by atoms with Gasteiger partial charge >= 0.3 is 0 Å². The number of rotatable bonds is 2. The van der Waals surface area contributed by atoms with Crippen molar-refractivity contribution in [1.29, 1.82) is 5.26 Å². The molecule has 0 unspecified atom stereocenters. The number of halogens is 2. The first kappa shape index (κ1) is 10.0. The molecule has 0 N–H and O–H groups in total. The van der Waals surface area contributed by atoms with E-state index >= 15 is 0 Å². The highest BCUT2D eigenvalue weighted by atomic mass is 35.5. The molecule has 0 bridgehead atoms. The van der Waals surface area contributed by atoms with E-state index in [1.165, 1.54) is 0 Å². The molecule has 1 heterocycles. The summed E-state index contributed by atoms with van der Waals surface area (Å²) in [6.45, 7) is 0. The van der Waals surface area contributed by atoms with Crippen molar-refractivity contribution in [2.45, 2.75) is 6.42 Å². The van der Waals surface area contributed by atoms with Crippen molar-refractivity contribution in [1.82, 2.24) is 4.98 Å². The fourth-order valence-corrected chi connectivity index (χ4v) is 1.19. The second-order valence-corrected chi connectivity index (χ2v) is 3.02. The van der Waals surface area contributed by atoms with Gasteiger partial charge in [0.1, 0.15) is 10.3 Å². The summed E-state index contributed by atoms with van der Waals surface area (Å²) in [7, 11) is 0. The van der Waals surface area contributed by atoms with Crippen LogP contribution in [0.25, 0.3) is 6.08 Å². The Morgan fingerprint density at radius 3 is 2.85 bits per heavy atom. The van der Waals surface area contributed by atoms with Gasteiger partial charge in [-0.15, -0.1) is 0 Å². The van der Waals surface area contributed by atoms with Crippen LogP contribution in [0.1, 0.15) is 12.0 Å². The van der Waals surface area contributed by atoms with Crippen LogP contribution in [0.4, 0.5) is 0 Å². The van der Waals surface area contributed by atoms with E-state index in [9.17, 15) is 0 Å². The molecule has 0 radical (unpaired) electrons. The van der Waals surface area contributed by atoms with Crippen LogP contribution in [0.15, 0.2) is 18.2 Å². The first-order valence-corrected chi connectivity index (χ1v) is 4.35. The third-order valence-corrected chi connectivity index (χ3v) is 1.86. The van der Waals surface area contributed by atoms with Gasteiger partial charge in [0, 0.05) is 5.56 Å². The maximum atomic E-state index is 8.29. The predicted molar refractivity (Wildman–Crippen MR) is 53.5 cm³/mol. The number of hydrogen-bond acceptors (Lipinski definition) is 2. The van der Waals surface area contributed by atoms with Crippen LogP contribution in [0.2, 0.25) is 10.3 Å². The molecule has 0 atom stereocenters. The smallest absolute Gasteiger partial charge is 0.138 e. The molecular formula is C9H6Cl2N2. The highest BCUT2D eigenvalue weighted by Crippen LogP contribution is 2.17. The summed E-state index contributed by atoms with van der Waals surface area (Å²) in [4.78, 5) is 3.85. The molecule has 2 nitrogen and oxygen atoms in total. The predicted octanol–water partition coefficient (Wildman–Crippen LogP) is 3.32. The van der Waals surface area contributed by atoms with Crippen molar-refractivity contribution in [2.24, 2.45) is 0 Å². The lowest BCUT2D eigenvalue weighted by molar-refractivity contribution is 1.31. The van der Waals surface area contributed by atoms with E-state index in [4.69, 9.17) is 28.5 Å².